The summed E-state index contributed by atoms with van der Waals surface area (Å²) in [6, 6.07) is 14.9. The lowest BCUT2D eigenvalue weighted by Crippen LogP contribution is -2.27. The van der Waals surface area contributed by atoms with Gasteiger partial charge in [0.05, 0.1) is 22.9 Å². The average molecular weight is 428 g/mol. The number of benzene rings is 1. The van der Waals surface area contributed by atoms with Crippen molar-refractivity contribution in [3.8, 4) is 28.7 Å². The molecule has 4 aromatic rings. The largest absolute Gasteiger partial charge is 0.349 e. The second kappa shape index (κ2) is 8.88. The number of nitrogens with zero attached hydrogens (tertiary/aromatic N) is 6. The number of aromatic amines is 1. The lowest BCUT2D eigenvalue weighted by atomic mass is 10.1. The summed E-state index contributed by atoms with van der Waals surface area (Å²) in [5.41, 5.74) is 2.44. The van der Waals surface area contributed by atoms with Gasteiger partial charge in [0, 0.05) is 30.6 Å². The molecule has 3 aromatic heterocycles. The Kier molecular flexibility index (Phi) is 5.67. The Balaban J connectivity index is 1.36. The van der Waals surface area contributed by atoms with Crippen LogP contribution in [0, 0.1) is 21.4 Å². The molecular formula is C21H16N8O3. The maximum atomic E-state index is 12.3. The molecule has 0 aliphatic heterocycles. The van der Waals surface area contributed by atoms with Crippen LogP contribution in [0.2, 0.25) is 0 Å². The number of nitro groups is 1. The number of aromatic nitrogens is 5. The molecule has 0 radical (unpaired) electrons. The quantitative estimate of drug-likeness (QED) is 0.338. The van der Waals surface area contributed by atoms with Crippen molar-refractivity contribution in [3.63, 3.8) is 0 Å². The van der Waals surface area contributed by atoms with E-state index in [4.69, 9.17) is 5.26 Å². The Labute approximate surface area is 181 Å². The number of carbonyl (C=O) groups is 1. The number of nitrogens with one attached hydrogen (secondary N) is 2. The van der Waals surface area contributed by atoms with Crippen molar-refractivity contribution in [2.45, 2.75) is 6.54 Å². The van der Waals surface area contributed by atoms with Crippen molar-refractivity contribution in [1.82, 2.24) is 30.3 Å². The molecule has 11 nitrogen and oxygen atoms in total. The molecule has 0 saturated carbocycles. The zero-order valence-electron chi connectivity index (χ0n) is 16.6. The number of amides is 1. The normalized spacial score (nSPS) is 10.5. The molecule has 32 heavy (non-hydrogen) atoms. The van der Waals surface area contributed by atoms with Gasteiger partial charge in [0.15, 0.2) is 0 Å². The minimum atomic E-state index is -0.595. The summed E-state index contributed by atoms with van der Waals surface area (Å²) in [5, 5.41) is 34.1. The van der Waals surface area contributed by atoms with Crippen molar-refractivity contribution in [2.75, 3.05) is 6.54 Å². The van der Waals surface area contributed by atoms with Gasteiger partial charge in [-0.25, -0.2) is 0 Å². The number of hydrogen-bond donors (Lipinski definition) is 2. The summed E-state index contributed by atoms with van der Waals surface area (Å²) < 4.78 is 1.63. The molecule has 0 aliphatic rings. The standard InChI is InChI=1S/C21H16N8O3/c22-13-15-11-14(4-5-20(15)29(31)32)16-6-9-28(27-16)10-8-24-21(30)19-12-18(25-26-19)17-3-1-2-7-23-17/h1-7,9,11-12H,8,10H2,(H,24,30)(H,25,26). The van der Waals surface area contributed by atoms with Gasteiger partial charge in [0.1, 0.15) is 23.0 Å². The molecule has 11 heteroatoms. The van der Waals surface area contributed by atoms with Gasteiger partial charge in [0.2, 0.25) is 0 Å². The molecule has 4 rings (SSSR count). The zero-order chi connectivity index (χ0) is 22.5. The third kappa shape index (κ3) is 4.34. The number of hydrogen-bond acceptors (Lipinski definition) is 7. The van der Waals surface area contributed by atoms with E-state index in [1.54, 1.807) is 47.4 Å². The number of rotatable bonds is 7. The van der Waals surface area contributed by atoms with Gasteiger partial charge >= 0.3 is 0 Å². The van der Waals surface area contributed by atoms with Crippen LogP contribution in [0.15, 0.2) is 60.9 Å². The molecule has 1 aromatic carbocycles. The Hall–Kier alpha value is -4.85. The predicted molar refractivity (Wildman–Crippen MR) is 113 cm³/mol. The van der Waals surface area contributed by atoms with Crippen LogP contribution in [0.4, 0.5) is 5.69 Å². The van der Waals surface area contributed by atoms with Crippen LogP contribution < -0.4 is 5.32 Å². The molecule has 0 spiro atoms. The number of nitriles is 1. The van der Waals surface area contributed by atoms with E-state index < -0.39 is 4.92 Å². The van der Waals surface area contributed by atoms with Crippen LogP contribution in [0.5, 0.6) is 0 Å². The lowest BCUT2D eigenvalue weighted by molar-refractivity contribution is -0.385. The molecular weight excluding hydrogens is 412 g/mol. The molecule has 0 aliphatic carbocycles. The van der Waals surface area contributed by atoms with Crippen LogP contribution in [0.25, 0.3) is 22.6 Å². The number of H-pyrrole nitrogens is 1. The zero-order valence-corrected chi connectivity index (χ0v) is 16.6. The Bertz CT molecular complexity index is 1320. The summed E-state index contributed by atoms with van der Waals surface area (Å²) in [6.07, 6.45) is 3.38. The van der Waals surface area contributed by atoms with Crippen molar-refractivity contribution < 1.29 is 9.72 Å². The van der Waals surface area contributed by atoms with Gasteiger partial charge in [-0.2, -0.15) is 15.5 Å². The van der Waals surface area contributed by atoms with Crippen molar-refractivity contribution >= 4 is 11.6 Å². The third-order valence-electron chi connectivity index (χ3n) is 4.63. The van der Waals surface area contributed by atoms with Crippen molar-refractivity contribution in [3.05, 3.63) is 82.3 Å². The van der Waals surface area contributed by atoms with E-state index in [1.807, 2.05) is 12.1 Å². The maximum Gasteiger partial charge on any atom is 0.287 e. The number of nitro benzene ring substituents is 1. The van der Waals surface area contributed by atoms with E-state index in [-0.39, 0.29) is 17.2 Å². The van der Waals surface area contributed by atoms with Crippen LogP contribution in [0.1, 0.15) is 16.1 Å². The molecule has 0 atom stereocenters. The molecule has 3 heterocycles. The molecule has 0 unspecified atom stereocenters. The molecule has 0 fully saturated rings. The summed E-state index contributed by atoms with van der Waals surface area (Å²) in [4.78, 5) is 26.9. The smallest absolute Gasteiger partial charge is 0.287 e. The first kappa shape index (κ1) is 20.4. The van der Waals surface area contributed by atoms with Gasteiger partial charge in [-0.1, -0.05) is 6.07 Å². The summed E-state index contributed by atoms with van der Waals surface area (Å²) in [6.45, 7) is 0.729. The lowest BCUT2D eigenvalue weighted by Gasteiger charge is -2.04. The minimum absolute atomic E-state index is 0.0288. The van der Waals surface area contributed by atoms with Crippen LogP contribution in [0.3, 0.4) is 0 Å². The topological polar surface area (TPSA) is 155 Å². The first-order valence-electron chi connectivity index (χ1n) is 9.52. The summed E-state index contributed by atoms with van der Waals surface area (Å²) >= 11 is 0. The number of carbonyl (C=O) groups excluding carboxylic acids is 1. The SMILES string of the molecule is N#Cc1cc(-c2ccn(CCNC(=O)c3cc(-c4ccccn4)n[nH]3)n2)ccc1[N+](=O)[O-]. The fraction of sp³-hybridized carbons (Fsp3) is 0.0952. The molecule has 0 saturated heterocycles. The highest BCUT2D eigenvalue weighted by Gasteiger charge is 2.15. The molecule has 2 N–H and O–H groups in total. The van der Waals surface area contributed by atoms with E-state index in [0.29, 0.717) is 41.4 Å². The molecule has 1 amide bonds. The second-order valence-corrected chi connectivity index (χ2v) is 6.70. The van der Waals surface area contributed by atoms with Crippen molar-refractivity contribution in [1.29, 1.82) is 5.26 Å². The molecule has 0 bridgehead atoms. The van der Waals surface area contributed by atoms with Crippen LogP contribution >= 0.6 is 0 Å². The monoisotopic (exact) mass is 428 g/mol. The number of pyridine rings is 1. The van der Waals surface area contributed by atoms with Gasteiger partial charge < -0.3 is 5.32 Å². The van der Waals surface area contributed by atoms with E-state index in [1.165, 1.54) is 12.1 Å². The fourth-order valence-corrected chi connectivity index (χ4v) is 3.05. The van der Waals surface area contributed by atoms with E-state index in [2.05, 4.69) is 25.6 Å². The van der Waals surface area contributed by atoms with Crippen LogP contribution in [-0.2, 0) is 6.54 Å². The Morgan fingerprint density at radius 3 is 2.81 bits per heavy atom. The average Bonchev–Trinajstić information content (AvgIpc) is 3.49. The van der Waals surface area contributed by atoms with Gasteiger partial charge in [0.25, 0.3) is 11.6 Å². The third-order valence-corrected chi connectivity index (χ3v) is 4.63. The van der Waals surface area contributed by atoms with Crippen molar-refractivity contribution in [2.24, 2.45) is 0 Å². The highest BCUT2D eigenvalue weighted by atomic mass is 16.6. The predicted octanol–water partition coefficient (Wildman–Crippen LogP) is 2.55. The van der Waals surface area contributed by atoms with Gasteiger partial charge in [-0.05, 0) is 36.4 Å². The first-order valence-corrected chi connectivity index (χ1v) is 9.52. The fourth-order valence-electron chi connectivity index (χ4n) is 3.05. The second-order valence-electron chi connectivity index (χ2n) is 6.70. The molecule has 158 valence electrons. The van der Waals surface area contributed by atoms with Crippen LogP contribution in [-0.4, -0.2) is 42.3 Å². The Morgan fingerprint density at radius 1 is 1.19 bits per heavy atom. The Morgan fingerprint density at radius 2 is 2.06 bits per heavy atom. The highest BCUT2D eigenvalue weighted by Crippen LogP contribution is 2.25. The van der Waals surface area contributed by atoms with E-state index in [0.717, 1.165) is 0 Å². The summed E-state index contributed by atoms with van der Waals surface area (Å²) in [7, 11) is 0. The van der Waals surface area contributed by atoms with E-state index in [9.17, 15) is 14.9 Å². The van der Waals surface area contributed by atoms with Gasteiger partial charge in [-0.15, -0.1) is 0 Å². The van der Waals surface area contributed by atoms with E-state index >= 15 is 0 Å². The minimum Gasteiger partial charge on any atom is -0.349 e. The first-order chi connectivity index (χ1) is 15.5. The van der Waals surface area contributed by atoms with Gasteiger partial charge in [-0.3, -0.25) is 29.7 Å². The highest BCUT2D eigenvalue weighted by molar-refractivity contribution is 5.93. The summed E-state index contributed by atoms with van der Waals surface area (Å²) in [5.74, 6) is -0.305. The maximum absolute atomic E-state index is 12.3.